The van der Waals surface area contributed by atoms with E-state index in [2.05, 4.69) is 0 Å². The van der Waals surface area contributed by atoms with Crippen molar-refractivity contribution in [2.45, 2.75) is 19.4 Å². The number of carbonyl (C=O) groups is 1. The smallest absolute Gasteiger partial charge is 0.127 e. The molecule has 14 heavy (non-hydrogen) atoms. The highest BCUT2D eigenvalue weighted by Gasteiger charge is 2.09. The number of hydrogen-bond donors (Lipinski definition) is 1. The van der Waals surface area contributed by atoms with Crippen LogP contribution in [0.1, 0.15) is 24.0 Å². The van der Waals surface area contributed by atoms with Gasteiger partial charge < -0.3 is 14.6 Å². The molecule has 3 nitrogen and oxygen atoms in total. The number of carbonyl (C=O) groups excluding carboxylic acids is 1. The highest BCUT2D eigenvalue weighted by atomic mass is 16.5. The monoisotopic (exact) mass is 194 g/mol. The fourth-order valence-electron chi connectivity index (χ4n) is 1.36. The minimum atomic E-state index is -0.192. The van der Waals surface area contributed by atoms with Crippen molar-refractivity contribution in [2.75, 3.05) is 7.11 Å². The standard InChI is InChI=1S/C11H14O3/c1-8(6-12)11-4-3-10(14-2)5-9(11)7-13/h3-6,8,13H,7H2,1-2H3. The second-order valence-electron chi connectivity index (χ2n) is 3.15. The Kier molecular flexibility index (Phi) is 3.65. The fraction of sp³-hybridized carbons (Fsp3) is 0.364. The molecule has 0 saturated heterocycles. The number of aliphatic hydroxyl groups excluding tert-OH is 1. The van der Waals surface area contributed by atoms with E-state index in [-0.39, 0.29) is 12.5 Å². The molecule has 1 atom stereocenters. The summed E-state index contributed by atoms with van der Waals surface area (Å²) in [6.45, 7) is 1.72. The van der Waals surface area contributed by atoms with Crippen molar-refractivity contribution in [2.24, 2.45) is 0 Å². The van der Waals surface area contributed by atoms with Gasteiger partial charge in [0.2, 0.25) is 0 Å². The van der Waals surface area contributed by atoms with Crippen LogP contribution in [0.2, 0.25) is 0 Å². The van der Waals surface area contributed by atoms with E-state index in [1.807, 2.05) is 6.07 Å². The van der Waals surface area contributed by atoms with Crippen molar-refractivity contribution >= 4 is 6.29 Å². The highest BCUT2D eigenvalue weighted by molar-refractivity contribution is 5.63. The van der Waals surface area contributed by atoms with Crippen molar-refractivity contribution in [1.82, 2.24) is 0 Å². The first-order chi connectivity index (χ1) is 6.72. The number of rotatable bonds is 4. The van der Waals surface area contributed by atoms with Crippen molar-refractivity contribution in [3.63, 3.8) is 0 Å². The van der Waals surface area contributed by atoms with Crippen LogP contribution in [-0.4, -0.2) is 18.5 Å². The molecule has 76 valence electrons. The molecule has 0 bridgehead atoms. The first kappa shape index (κ1) is 10.7. The molecular formula is C11H14O3. The lowest BCUT2D eigenvalue weighted by molar-refractivity contribution is -0.108. The average molecular weight is 194 g/mol. The zero-order valence-electron chi connectivity index (χ0n) is 8.36. The summed E-state index contributed by atoms with van der Waals surface area (Å²) in [5.41, 5.74) is 1.59. The van der Waals surface area contributed by atoms with Crippen LogP contribution < -0.4 is 4.74 Å². The number of benzene rings is 1. The maximum atomic E-state index is 10.6. The van der Waals surface area contributed by atoms with Gasteiger partial charge in [0, 0.05) is 5.92 Å². The lowest BCUT2D eigenvalue weighted by Crippen LogP contribution is -2.01. The van der Waals surface area contributed by atoms with Crippen LogP contribution in [0.15, 0.2) is 18.2 Å². The molecule has 1 aromatic carbocycles. The Morgan fingerprint density at radius 1 is 1.57 bits per heavy atom. The fourth-order valence-corrected chi connectivity index (χ4v) is 1.36. The number of aliphatic hydroxyl groups is 1. The van der Waals surface area contributed by atoms with Gasteiger partial charge in [-0.2, -0.15) is 0 Å². The Morgan fingerprint density at radius 2 is 2.29 bits per heavy atom. The molecule has 3 heteroatoms. The molecule has 0 aliphatic heterocycles. The number of ether oxygens (including phenoxy) is 1. The predicted octanol–water partition coefficient (Wildman–Crippen LogP) is 1.49. The molecule has 0 spiro atoms. The highest BCUT2D eigenvalue weighted by Crippen LogP contribution is 2.23. The molecule has 0 aliphatic rings. The van der Waals surface area contributed by atoms with Gasteiger partial charge in [-0.25, -0.2) is 0 Å². The second-order valence-corrected chi connectivity index (χ2v) is 3.15. The van der Waals surface area contributed by atoms with Gasteiger partial charge in [-0.1, -0.05) is 13.0 Å². The molecule has 0 heterocycles. The molecule has 0 fully saturated rings. The molecule has 1 unspecified atom stereocenters. The van der Waals surface area contributed by atoms with Crippen molar-refractivity contribution in [1.29, 1.82) is 0 Å². The van der Waals surface area contributed by atoms with Gasteiger partial charge in [-0.05, 0) is 23.3 Å². The third-order valence-electron chi connectivity index (χ3n) is 2.22. The Balaban J connectivity index is 3.10. The topological polar surface area (TPSA) is 46.5 Å². The van der Waals surface area contributed by atoms with Crippen LogP contribution in [0, 0.1) is 0 Å². The van der Waals surface area contributed by atoms with Gasteiger partial charge >= 0.3 is 0 Å². The molecule has 0 aliphatic carbocycles. The molecule has 1 aromatic rings. The quantitative estimate of drug-likeness (QED) is 0.739. The van der Waals surface area contributed by atoms with Gasteiger partial charge in [-0.15, -0.1) is 0 Å². The summed E-state index contributed by atoms with van der Waals surface area (Å²) in [6.07, 6.45) is 0.862. The van der Waals surface area contributed by atoms with Gasteiger partial charge in [-0.3, -0.25) is 0 Å². The molecule has 0 radical (unpaired) electrons. The van der Waals surface area contributed by atoms with Crippen LogP contribution in [0.4, 0.5) is 0 Å². The maximum absolute atomic E-state index is 10.6. The van der Waals surface area contributed by atoms with Gasteiger partial charge in [0.1, 0.15) is 12.0 Å². The lowest BCUT2D eigenvalue weighted by atomic mass is 9.97. The summed E-state index contributed by atoms with van der Waals surface area (Å²) < 4.78 is 5.03. The Bertz CT molecular complexity index is 320. The Labute approximate surface area is 83.3 Å². The van der Waals surface area contributed by atoms with Crippen molar-refractivity contribution < 1.29 is 14.6 Å². The summed E-state index contributed by atoms with van der Waals surface area (Å²) in [5.74, 6) is 0.499. The minimum Gasteiger partial charge on any atom is -0.497 e. The zero-order chi connectivity index (χ0) is 10.6. The van der Waals surface area contributed by atoms with E-state index in [1.165, 1.54) is 0 Å². The predicted molar refractivity (Wildman–Crippen MR) is 53.4 cm³/mol. The average Bonchev–Trinajstić information content (AvgIpc) is 2.27. The number of aldehydes is 1. The normalized spacial score (nSPS) is 12.2. The van der Waals surface area contributed by atoms with Crippen LogP contribution >= 0.6 is 0 Å². The molecular weight excluding hydrogens is 180 g/mol. The molecule has 0 saturated carbocycles. The van der Waals surface area contributed by atoms with E-state index >= 15 is 0 Å². The number of methoxy groups -OCH3 is 1. The zero-order valence-corrected chi connectivity index (χ0v) is 8.36. The van der Waals surface area contributed by atoms with Crippen LogP contribution in [0.5, 0.6) is 5.75 Å². The minimum absolute atomic E-state index is 0.0787. The van der Waals surface area contributed by atoms with Crippen molar-refractivity contribution in [3.05, 3.63) is 29.3 Å². The molecule has 0 amide bonds. The summed E-state index contributed by atoms with van der Waals surface area (Å²) in [5, 5.41) is 9.11. The van der Waals surface area contributed by atoms with E-state index in [0.29, 0.717) is 5.75 Å². The first-order valence-corrected chi connectivity index (χ1v) is 4.46. The van der Waals surface area contributed by atoms with Crippen LogP contribution in [0.25, 0.3) is 0 Å². The lowest BCUT2D eigenvalue weighted by Gasteiger charge is -2.11. The number of hydrogen-bond acceptors (Lipinski definition) is 3. The molecule has 1 rings (SSSR count). The third-order valence-corrected chi connectivity index (χ3v) is 2.22. The van der Waals surface area contributed by atoms with Gasteiger partial charge in [0.15, 0.2) is 0 Å². The summed E-state index contributed by atoms with van der Waals surface area (Å²) in [6, 6.07) is 5.34. The summed E-state index contributed by atoms with van der Waals surface area (Å²) in [4.78, 5) is 10.6. The Morgan fingerprint density at radius 3 is 2.79 bits per heavy atom. The first-order valence-electron chi connectivity index (χ1n) is 4.46. The van der Waals surface area contributed by atoms with E-state index in [0.717, 1.165) is 17.4 Å². The van der Waals surface area contributed by atoms with Gasteiger partial charge in [0.25, 0.3) is 0 Å². The maximum Gasteiger partial charge on any atom is 0.127 e. The van der Waals surface area contributed by atoms with E-state index in [4.69, 9.17) is 9.84 Å². The van der Waals surface area contributed by atoms with Crippen LogP contribution in [-0.2, 0) is 11.4 Å². The molecule has 0 aromatic heterocycles. The Hall–Kier alpha value is -1.35. The van der Waals surface area contributed by atoms with Crippen LogP contribution in [0.3, 0.4) is 0 Å². The summed E-state index contributed by atoms with van der Waals surface area (Å²) >= 11 is 0. The molecule has 1 N–H and O–H groups in total. The van der Waals surface area contributed by atoms with E-state index in [1.54, 1.807) is 26.2 Å². The van der Waals surface area contributed by atoms with Gasteiger partial charge in [0.05, 0.1) is 13.7 Å². The third kappa shape index (κ3) is 2.12. The largest absolute Gasteiger partial charge is 0.497 e. The second kappa shape index (κ2) is 4.77. The summed E-state index contributed by atoms with van der Waals surface area (Å²) in [7, 11) is 1.57. The van der Waals surface area contributed by atoms with E-state index in [9.17, 15) is 4.79 Å². The SMILES string of the molecule is COc1ccc(C(C)C=O)c(CO)c1. The van der Waals surface area contributed by atoms with Crippen molar-refractivity contribution in [3.8, 4) is 5.75 Å². The van der Waals surface area contributed by atoms with E-state index < -0.39 is 0 Å².